The summed E-state index contributed by atoms with van der Waals surface area (Å²) >= 11 is 0. The van der Waals surface area contributed by atoms with E-state index >= 15 is 0 Å². The normalized spacial score (nSPS) is 30.5. The van der Waals surface area contributed by atoms with Crippen LogP contribution in [0, 0.1) is 17.8 Å². The standard InChI is InChI=1S/C26H23NO7/c1-11-15-10-14-17(12-6-3-2-4-7-12)13-8-5-9-16(28)18(13)22(30)19(14)23(31)26(15,34)24(32)20(21(11)29)25(27)33/h2-9,11,14-15,17,28-29,31,34H,10H2,1H3,(H2,27,33)/t11-,14+,15-,17-,26-/m0/s1. The molecule has 0 saturated carbocycles. The van der Waals surface area contributed by atoms with Crippen LogP contribution in [0.4, 0.5) is 0 Å². The number of benzene rings is 2. The number of rotatable bonds is 2. The molecular weight excluding hydrogens is 438 g/mol. The molecule has 2 aromatic rings. The molecule has 174 valence electrons. The third-order valence-corrected chi connectivity index (χ3v) is 7.58. The molecule has 8 heteroatoms. The number of phenolic OH excluding ortho intramolecular Hbond substituents is 1. The molecule has 0 bridgehead atoms. The number of Topliss-reactive ketones (excluding diaryl/α,β-unsaturated/α-hetero) is 2. The van der Waals surface area contributed by atoms with E-state index in [9.17, 15) is 34.8 Å². The van der Waals surface area contributed by atoms with E-state index in [0.29, 0.717) is 5.56 Å². The van der Waals surface area contributed by atoms with Gasteiger partial charge in [-0.3, -0.25) is 14.4 Å². The van der Waals surface area contributed by atoms with Crippen molar-refractivity contribution in [3.63, 3.8) is 0 Å². The first-order chi connectivity index (χ1) is 16.1. The quantitative estimate of drug-likeness (QED) is 0.430. The van der Waals surface area contributed by atoms with Gasteiger partial charge in [0.1, 0.15) is 22.8 Å². The summed E-state index contributed by atoms with van der Waals surface area (Å²) in [6.45, 7) is 1.53. The van der Waals surface area contributed by atoms with Crippen molar-refractivity contribution in [3.8, 4) is 5.75 Å². The molecule has 0 radical (unpaired) electrons. The molecule has 6 N–H and O–H groups in total. The monoisotopic (exact) mass is 461 g/mol. The second-order valence-electron chi connectivity index (χ2n) is 9.18. The summed E-state index contributed by atoms with van der Waals surface area (Å²) in [5.74, 6) is -7.92. The first-order valence-corrected chi connectivity index (χ1v) is 11.0. The number of aromatic hydroxyl groups is 1. The fraction of sp³-hybridized carbons (Fsp3) is 0.269. The second-order valence-corrected chi connectivity index (χ2v) is 9.18. The Morgan fingerprint density at radius 2 is 1.71 bits per heavy atom. The van der Waals surface area contributed by atoms with Gasteiger partial charge in [0.25, 0.3) is 5.91 Å². The van der Waals surface area contributed by atoms with Crippen molar-refractivity contribution >= 4 is 17.5 Å². The largest absolute Gasteiger partial charge is 0.511 e. The fourth-order valence-electron chi connectivity index (χ4n) is 5.99. The summed E-state index contributed by atoms with van der Waals surface area (Å²) in [6, 6.07) is 13.9. The van der Waals surface area contributed by atoms with Crippen LogP contribution in [0.2, 0.25) is 0 Å². The predicted molar refractivity (Wildman–Crippen MR) is 120 cm³/mol. The molecule has 5 atom stereocenters. The number of carbonyl (C=O) groups is 3. The summed E-state index contributed by atoms with van der Waals surface area (Å²) in [4.78, 5) is 38.7. The van der Waals surface area contributed by atoms with Gasteiger partial charge >= 0.3 is 0 Å². The fourth-order valence-corrected chi connectivity index (χ4v) is 5.99. The number of carbonyl (C=O) groups excluding carboxylic acids is 3. The summed E-state index contributed by atoms with van der Waals surface area (Å²) in [6.07, 6.45) is 0.0549. The molecule has 0 aromatic heterocycles. The predicted octanol–water partition coefficient (Wildman–Crippen LogP) is 2.42. The zero-order valence-corrected chi connectivity index (χ0v) is 18.2. The molecule has 34 heavy (non-hydrogen) atoms. The topological polar surface area (TPSA) is 158 Å². The van der Waals surface area contributed by atoms with E-state index in [0.717, 1.165) is 5.56 Å². The van der Waals surface area contributed by atoms with Gasteiger partial charge in [-0.1, -0.05) is 49.4 Å². The highest BCUT2D eigenvalue weighted by Gasteiger charge is 2.63. The first-order valence-electron chi connectivity index (χ1n) is 11.0. The second kappa shape index (κ2) is 7.30. The van der Waals surface area contributed by atoms with Gasteiger partial charge < -0.3 is 26.2 Å². The third kappa shape index (κ3) is 2.66. The average molecular weight is 461 g/mol. The maximum atomic E-state index is 13.6. The minimum absolute atomic E-state index is 0.0129. The number of aliphatic hydroxyl groups is 3. The SMILES string of the molecule is C[C@@H]1C(O)=C(C(N)=O)C(=O)[C@@]2(O)C(O)=C3C(=O)c4c(O)cccc4[C@H](c4ccccc4)[C@H]3C[C@@H]12. The van der Waals surface area contributed by atoms with E-state index in [1.807, 2.05) is 30.3 Å². The van der Waals surface area contributed by atoms with Crippen LogP contribution in [0.25, 0.3) is 0 Å². The lowest BCUT2D eigenvalue weighted by atomic mass is 9.55. The van der Waals surface area contributed by atoms with Crippen molar-refractivity contribution in [1.82, 2.24) is 0 Å². The molecule has 0 spiro atoms. The van der Waals surface area contributed by atoms with Crippen molar-refractivity contribution in [3.05, 3.63) is 87.9 Å². The Labute approximate surface area is 194 Å². The Kier molecular flexibility index (Phi) is 4.70. The van der Waals surface area contributed by atoms with Gasteiger partial charge in [-0.2, -0.15) is 0 Å². The van der Waals surface area contributed by atoms with E-state index in [1.54, 1.807) is 12.1 Å². The van der Waals surface area contributed by atoms with Crippen LogP contribution >= 0.6 is 0 Å². The third-order valence-electron chi connectivity index (χ3n) is 7.58. The minimum atomic E-state index is -2.61. The number of nitrogens with two attached hydrogens (primary N) is 1. The molecule has 0 saturated heterocycles. The Hall–Kier alpha value is -3.91. The van der Waals surface area contributed by atoms with Gasteiger partial charge in [0, 0.05) is 29.2 Å². The van der Waals surface area contributed by atoms with Crippen molar-refractivity contribution in [2.75, 3.05) is 0 Å². The van der Waals surface area contributed by atoms with E-state index in [2.05, 4.69) is 0 Å². The van der Waals surface area contributed by atoms with Gasteiger partial charge in [-0.05, 0) is 23.6 Å². The van der Waals surface area contributed by atoms with Crippen LogP contribution in [0.3, 0.4) is 0 Å². The van der Waals surface area contributed by atoms with Crippen LogP contribution < -0.4 is 5.73 Å². The zero-order valence-electron chi connectivity index (χ0n) is 18.2. The van der Waals surface area contributed by atoms with Gasteiger partial charge in [-0.15, -0.1) is 0 Å². The lowest BCUT2D eigenvalue weighted by molar-refractivity contribution is -0.147. The molecule has 3 aliphatic rings. The van der Waals surface area contributed by atoms with Crippen LogP contribution in [0.1, 0.15) is 40.7 Å². The Morgan fingerprint density at radius 3 is 2.35 bits per heavy atom. The van der Waals surface area contributed by atoms with Crippen molar-refractivity contribution < 1.29 is 34.8 Å². The van der Waals surface area contributed by atoms with Crippen LogP contribution in [-0.4, -0.2) is 43.5 Å². The highest BCUT2D eigenvalue weighted by Crippen LogP contribution is 2.57. The molecule has 8 nitrogen and oxygen atoms in total. The lowest BCUT2D eigenvalue weighted by Crippen LogP contribution is -2.59. The number of hydrogen-bond acceptors (Lipinski definition) is 7. The van der Waals surface area contributed by atoms with Crippen molar-refractivity contribution in [2.45, 2.75) is 24.9 Å². The first kappa shape index (κ1) is 21.9. The number of amides is 1. The molecule has 0 heterocycles. The van der Waals surface area contributed by atoms with E-state index in [4.69, 9.17) is 5.73 Å². The molecule has 0 fully saturated rings. The van der Waals surface area contributed by atoms with Crippen LogP contribution in [0.15, 0.2) is 71.2 Å². The smallest absolute Gasteiger partial charge is 0.255 e. The highest BCUT2D eigenvalue weighted by atomic mass is 16.3. The van der Waals surface area contributed by atoms with E-state index < -0.39 is 63.8 Å². The summed E-state index contributed by atoms with van der Waals surface area (Å²) in [5, 5.41) is 44.0. The number of fused-ring (bicyclic) bond motifs is 3. The summed E-state index contributed by atoms with van der Waals surface area (Å²) < 4.78 is 0. The number of hydrogen-bond donors (Lipinski definition) is 5. The lowest BCUT2D eigenvalue weighted by Gasteiger charge is -2.49. The highest BCUT2D eigenvalue weighted by molar-refractivity contribution is 6.24. The van der Waals surface area contributed by atoms with Crippen LogP contribution in [-0.2, 0) is 9.59 Å². The van der Waals surface area contributed by atoms with Crippen molar-refractivity contribution in [2.24, 2.45) is 23.5 Å². The number of aliphatic hydroxyl groups excluding tert-OH is 2. The number of primary amides is 1. The van der Waals surface area contributed by atoms with Gasteiger partial charge in [0.15, 0.2) is 11.4 Å². The molecule has 5 rings (SSSR count). The Bertz CT molecular complexity index is 1330. The Morgan fingerprint density at radius 1 is 1.03 bits per heavy atom. The Balaban J connectivity index is 1.81. The summed E-state index contributed by atoms with van der Waals surface area (Å²) in [7, 11) is 0. The van der Waals surface area contributed by atoms with Crippen LogP contribution in [0.5, 0.6) is 5.75 Å². The van der Waals surface area contributed by atoms with E-state index in [1.165, 1.54) is 13.0 Å². The maximum Gasteiger partial charge on any atom is 0.255 e. The van der Waals surface area contributed by atoms with Crippen molar-refractivity contribution in [1.29, 1.82) is 0 Å². The van der Waals surface area contributed by atoms with Gasteiger partial charge in [0.05, 0.1) is 5.56 Å². The molecular formula is C26H23NO7. The molecule has 0 unspecified atom stereocenters. The molecule has 2 aromatic carbocycles. The molecule has 3 aliphatic carbocycles. The average Bonchev–Trinajstić information content (AvgIpc) is 2.80. The van der Waals surface area contributed by atoms with Gasteiger partial charge in [0.2, 0.25) is 5.78 Å². The number of ketones is 2. The minimum Gasteiger partial charge on any atom is -0.511 e. The molecule has 0 aliphatic heterocycles. The number of phenols is 1. The zero-order chi connectivity index (χ0) is 24.5. The van der Waals surface area contributed by atoms with E-state index in [-0.39, 0.29) is 23.3 Å². The maximum absolute atomic E-state index is 13.6. The summed E-state index contributed by atoms with van der Waals surface area (Å²) in [5.41, 5.74) is 3.07. The number of allylic oxidation sites excluding steroid dienone is 2. The molecule has 1 amide bonds. The van der Waals surface area contributed by atoms with Gasteiger partial charge in [-0.25, -0.2) is 0 Å².